The number of hydrogen-bond donors (Lipinski definition) is 2. The second kappa shape index (κ2) is 8.24. The molecule has 0 spiro atoms. The van der Waals surface area contributed by atoms with Gasteiger partial charge < -0.3 is 15.2 Å². The molecule has 21 heavy (non-hydrogen) atoms. The fraction of sp³-hybridized carbons (Fsp3) is 0.600. The fourth-order valence-electron chi connectivity index (χ4n) is 1.79. The molecular weight excluding hydrogens is 283 g/mol. The van der Waals surface area contributed by atoms with Crippen molar-refractivity contribution >= 4 is 0 Å². The Morgan fingerprint density at radius 3 is 2.67 bits per heavy atom. The Morgan fingerprint density at radius 2 is 2.00 bits per heavy atom. The van der Waals surface area contributed by atoms with Gasteiger partial charge in [-0.05, 0) is 44.0 Å². The van der Waals surface area contributed by atoms with Gasteiger partial charge in [-0.25, -0.2) is 0 Å². The van der Waals surface area contributed by atoms with Gasteiger partial charge in [0.05, 0.1) is 0 Å². The third-order valence-electron chi connectivity index (χ3n) is 2.97. The summed E-state index contributed by atoms with van der Waals surface area (Å²) < 4.78 is 41.3. The lowest BCUT2D eigenvalue weighted by Crippen LogP contribution is -2.32. The van der Waals surface area contributed by atoms with Crippen molar-refractivity contribution in [2.24, 2.45) is 0 Å². The maximum absolute atomic E-state index is 11.9. The van der Waals surface area contributed by atoms with Crippen LogP contribution in [0.1, 0.15) is 24.0 Å². The molecular formula is C15H22F3NO2. The number of hydrogen-bond acceptors (Lipinski definition) is 3. The molecule has 2 N–H and O–H groups in total. The van der Waals surface area contributed by atoms with Gasteiger partial charge >= 0.3 is 6.18 Å². The van der Waals surface area contributed by atoms with Crippen LogP contribution in [0.3, 0.4) is 0 Å². The van der Waals surface area contributed by atoms with Gasteiger partial charge in [-0.3, -0.25) is 0 Å². The van der Waals surface area contributed by atoms with Crippen molar-refractivity contribution in [2.75, 3.05) is 19.7 Å². The number of rotatable bonds is 8. The van der Waals surface area contributed by atoms with Gasteiger partial charge in [0.25, 0.3) is 0 Å². The molecule has 0 saturated carbocycles. The number of alkyl halides is 3. The average molecular weight is 305 g/mol. The van der Waals surface area contributed by atoms with E-state index in [4.69, 9.17) is 4.74 Å². The van der Waals surface area contributed by atoms with E-state index in [-0.39, 0.29) is 26.1 Å². The first-order chi connectivity index (χ1) is 9.78. The zero-order valence-corrected chi connectivity index (χ0v) is 12.3. The van der Waals surface area contributed by atoms with Crippen molar-refractivity contribution in [3.8, 4) is 5.75 Å². The second-order valence-corrected chi connectivity index (χ2v) is 5.16. The standard InChI is InChI=1S/C15H22F3NO2/c1-11-4-5-12(2)14(8-11)21-10-13(20)9-19-7-3-6-15(16,17)18/h4-5,8,13,19-20H,3,6-7,9-10H2,1-2H3. The van der Waals surface area contributed by atoms with Crippen molar-refractivity contribution in [3.05, 3.63) is 29.3 Å². The lowest BCUT2D eigenvalue weighted by molar-refractivity contribution is -0.135. The van der Waals surface area contributed by atoms with Crippen LogP contribution in [0.2, 0.25) is 0 Å². The Morgan fingerprint density at radius 1 is 1.29 bits per heavy atom. The van der Waals surface area contributed by atoms with E-state index in [0.29, 0.717) is 5.75 Å². The monoisotopic (exact) mass is 305 g/mol. The van der Waals surface area contributed by atoms with Gasteiger partial charge in [-0.1, -0.05) is 12.1 Å². The molecule has 0 amide bonds. The van der Waals surface area contributed by atoms with E-state index in [1.54, 1.807) is 0 Å². The van der Waals surface area contributed by atoms with Crippen molar-refractivity contribution in [1.29, 1.82) is 0 Å². The molecule has 0 aliphatic rings. The molecule has 120 valence electrons. The molecule has 0 aromatic heterocycles. The molecule has 0 heterocycles. The normalized spacial score (nSPS) is 13.2. The van der Waals surface area contributed by atoms with Crippen molar-refractivity contribution in [3.63, 3.8) is 0 Å². The molecule has 1 aromatic rings. The minimum atomic E-state index is -4.12. The third-order valence-corrected chi connectivity index (χ3v) is 2.97. The van der Waals surface area contributed by atoms with Crippen LogP contribution < -0.4 is 10.1 Å². The highest BCUT2D eigenvalue weighted by molar-refractivity contribution is 5.35. The summed E-state index contributed by atoms with van der Waals surface area (Å²) in [6.07, 6.45) is -5.68. The summed E-state index contributed by atoms with van der Waals surface area (Å²) in [5.41, 5.74) is 2.04. The van der Waals surface area contributed by atoms with Crippen LogP contribution in [0.5, 0.6) is 5.75 Å². The average Bonchev–Trinajstić information content (AvgIpc) is 2.38. The Bertz CT molecular complexity index is 435. The fourth-order valence-corrected chi connectivity index (χ4v) is 1.79. The Labute approximate surface area is 123 Å². The molecule has 1 unspecified atom stereocenters. The first-order valence-corrected chi connectivity index (χ1v) is 6.93. The molecule has 0 radical (unpaired) electrons. The summed E-state index contributed by atoms with van der Waals surface area (Å²) >= 11 is 0. The van der Waals surface area contributed by atoms with Crippen LogP contribution in [0.25, 0.3) is 0 Å². The molecule has 1 atom stereocenters. The highest BCUT2D eigenvalue weighted by Crippen LogP contribution is 2.21. The van der Waals surface area contributed by atoms with E-state index < -0.39 is 18.7 Å². The number of benzene rings is 1. The van der Waals surface area contributed by atoms with E-state index in [1.165, 1.54) is 0 Å². The second-order valence-electron chi connectivity index (χ2n) is 5.16. The third kappa shape index (κ3) is 7.92. The summed E-state index contributed by atoms with van der Waals surface area (Å²) in [5, 5.41) is 12.5. The summed E-state index contributed by atoms with van der Waals surface area (Å²) in [7, 11) is 0. The molecule has 0 fully saturated rings. The first-order valence-electron chi connectivity index (χ1n) is 6.93. The van der Waals surface area contributed by atoms with E-state index in [9.17, 15) is 18.3 Å². The lowest BCUT2D eigenvalue weighted by atomic mass is 10.1. The largest absolute Gasteiger partial charge is 0.491 e. The highest BCUT2D eigenvalue weighted by Gasteiger charge is 2.25. The zero-order chi connectivity index (χ0) is 15.9. The van der Waals surface area contributed by atoms with Gasteiger partial charge in [0.1, 0.15) is 18.5 Å². The number of halogens is 3. The topological polar surface area (TPSA) is 41.5 Å². The smallest absolute Gasteiger partial charge is 0.389 e. The summed E-state index contributed by atoms with van der Waals surface area (Å²) in [5.74, 6) is 0.714. The number of aryl methyl sites for hydroxylation is 2. The van der Waals surface area contributed by atoms with Crippen molar-refractivity contribution in [1.82, 2.24) is 5.32 Å². The van der Waals surface area contributed by atoms with Crippen molar-refractivity contribution < 1.29 is 23.0 Å². The van der Waals surface area contributed by atoms with Crippen molar-refractivity contribution in [2.45, 2.75) is 39.0 Å². The van der Waals surface area contributed by atoms with Gasteiger partial charge in [0.15, 0.2) is 0 Å². The van der Waals surface area contributed by atoms with E-state index in [1.807, 2.05) is 32.0 Å². The number of ether oxygens (including phenoxy) is 1. The molecule has 0 aliphatic heterocycles. The maximum atomic E-state index is 11.9. The van der Waals surface area contributed by atoms with Crippen LogP contribution >= 0.6 is 0 Å². The number of nitrogens with one attached hydrogen (secondary N) is 1. The van der Waals surface area contributed by atoms with Gasteiger partial charge in [0, 0.05) is 13.0 Å². The quantitative estimate of drug-likeness (QED) is 0.726. The summed E-state index contributed by atoms with van der Waals surface area (Å²) in [6.45, 7) is 4.40. The van der Waals surface area contributed by atoms with Gasteiger partial charge in [-0.15, -0.1) is 0 Å². The Hall–Kier alpha value is -1.27. The van der Waals surface area contributed by atoms with Crippen LogP contribution in [0, 0.1) is 13.8 Å². The Kier molecular flexibility index (Phi) is 6.98. The molecule has 1 aromatic carbocycles. The van der Waals surface area contributed by atoms with E-state index in [0.717, 1.165) is 11.1 Å². The van der Waals surface area contributed by atoms with Crippen LogP contribution in [-0.2, 0) is 0 Å². The predicted molar refractivity (Wildman–Crippen MR) is 75.6 cm³/mol. The first kappa shape index (κ1) is 17.8. The van der Waals surface area contributed by atoms with E-state index in [2.05, 4.69) is 5.32 Å². The van der Waals surface area contributed by atoms with E-state index >= 15 is 0 Å². The Balaban J connectivity index is 2.19. The lowest BCUT2D eigenvalue weighted by Gasteiger charge is -2.15. The van der Waals surface area contributed by atoms with Gasteiger partial charge in [-0.2, -0.15) is 13.2 Å². The zero-order valence-electron chi connectivity index (χ0n) is 12.3. The maximum Gasteiger partial charge on any atom is 0.389 e. The summed E-state index contributed by atoms with van der Waals surface area (Å²) in [6, 6.07) is 5.80. The minimum Gasteiger partial charge on any atom is -0.491 e. The molecule has 1 rings (SSSR count). The van der Waals surface area contributed by atoms with Crippen LogP contribution in [0.4, 0.5) is 13.2 Å². The number of aliphatic hydroxyl groups excluding tert-OH is 1. The molecule has 0 saturated heterocycles. The molecule has 0 aliphatic carbocycles. The van der Waals surface area contributed by atoms with Gasteiger partial charge in [0.2, 0.25) is 0 Å². The molecule has 0 bridgehead atoms. The van der Waals surface area contributed by atoms with Crippen LogP contribution in [-0.4, -0.2) is 37.1 Å². The predicted octanol–water partition coefficient (Wildman–Crippen LogP) is 2.98. The minimum absolute atomic E-state index is 0.00800. The number of aliphatic hydroxyl groups is 1. The molecule has 3 nitrogen and oxygen atoms in total. The SMILES string of the molecule is Cc1ccc(C)c(OCC(O)CNCCCC(F)(F)F)c1. The highest BCUT2D eigenvalue weighted by atomic mass is 19.4. The van der Waals surface area contributed by atoms with Crippen LogP contribution in [0.15, 0.2) is 18.2 Å². The molecule has 6 heteroatoms. The summed E-state index contributed by atoms with van der Waals surface area (Å²) in [4.78, 5) is 0.